The smallest absolute Gasteiger partial charge is 0.340 e. The molecule has 1 aliphatic carbocycles. The number of benzene rings is 1. The summed E-state index contributed by atoms with van der Waals surface area (Å²) in [5, 5.41) is 0. The molecule has 2 aliphatic heterocycles. The van der Waals surface area contributed by atoms with Crippen molar-refractivity contribution in [2.45, 2.75) is 37.9 Å². The van der Waals surface area contributed by atoms with E-state index in [1.165, 1.54) is 31.4 Å². The highest BCUT2D eigenvalue weighted by atomic mass is 19.4. The summed E-state index contributed by atoms with van der Waals surface area (Å²) in [6.45, 7) is 6.21. The van der Waals surface area contributed by atoms with Crippen molar-refractivity contribution in [3.63, 3.8) is 0 Å². The van der Waals surface area contributed by atoms with Gasteiger partial charge in [-0.3, -0.25) is 19.4 Å². The summed E-state index contributed by atoms with van der Waals surface area (Å²) >= 11 is 0. The van der Waals surface area contributed by atoms with Crippen LogP contribution in [0.3, 0.4) is 0 Å². The predicted octanol–water partition coefficient (Wildman–Crippen LogP) is 2.09. The Balaban J connectivity index is 1.17. The molecule has 0 bridgehead atoms. The van der Waals surface area contributed by atoms with Gasteiger partial charge < -0.3 is 9.80 Å². The van der Waals surface area contributed by atoms with E-state index in [1.807, 2.05) is 4.90 Å². The lowest BCUT2D eigenvalue weighted by Gasteiger charge is -2.43. The summed E-state index contributed by atoms with van der Waals surface area (Å²) in [5.74, 6) is 0.0608. The third kappa shape index (κ3) is 5.61. The highest BCUT2D eigenvalue weighted by Gasteiger charge is 2.31. The number of amides is 2. The Morgan fingerprint density at radius 3 is 1.91 bits per heavy atom. The molecule has 1 aromatic carbocycles. The Hall–Kier alpha value is -2.13. The van der Waals surface area contributed by atoms with Crippen LogP contribution in [0.1, 0.15) is 30.4 Å². The van der Waals surface area contributed by atoms with Crippen molar-refractivity contribution < 1.29 is 22.8 Å². The fourth-order valence-corrected chi connectivity index (χ4v) is 4.63. The molecule has 0 aromatic heterocycles. The minimum Gasteiger partial charge on any atom is -0.340 e. The molecule has 4 rings (SSSR count). The van der Waals surface area contributed by atoms with E-state index in [0.717, 1.165) is 44.4 Å². The first kappa shape index (κ1) is 23.0. The van der Waals surface area contributed by atoms with Crippen LogP contribution in [-0.4, -0.2) is 96.4 Å². The van der Waals surface area contributed by atoms with Crippen molar-refractivity contribution in [3.05, 3.63) is 35.4 Å². The molecule has 0 radical (unpaired) electrons. The number of halogens is 3. The molecule has 176 valence electrons. The number of carbonyl (C=O) groups excluding carboxylic acids is 2. The lowest BCUT2D eigenvalue weighted by molar-refractivity contribution is -0.138. The maximum absolute atomic E-state index is 12.7. The van der Waals surface area contributed by atoms with E-state index in [2.05, 4.69) is 9.80 Å². The van der Waals surface area contributed by atoms with Crippen molar-refractivity contribution in [2.24, 2.45) is 0 Å². The molecule has 32 heavy (non-hydrogen) atoms. The number of hydrogen-bond donors (Lipinski definition) is 0. The molecule has 1 aromatic rings. The monoisotopic (exact) mass is 452 g/mol. The number of piperazine rings is 2. The first-order valence-electron chi connectivity index (χ1n) is 11.5. The highest BCUT2D eigenvalue weighted by molar-refractivity contribution is 5.79. The summed E-state index contributed by atoms with van der Waals surface area (Å²) in [7, 11) is 0. The standard InChI is InChI=1S/C23H31F3N4O2/c24-23(25,26)19-6-4-18(5-7-19)16-21(31)29-10-8-27(9-11-29)17-22(32)30-14-12-28(13-15-30)20-2-1-3-20/h4-7,20H,1-3,8-17H2. The van der Waals surface area contributed by atoms with Crippen molar-refractivity contribution in [2.75, 3.05) is 58.9 Å². The molecule has 2 heterocycles. The third-order valence-electron chi connectivity index (χ3n) is 6.98. The van der Waals surface area contributed by atoms with Crippen molar-refractivity contribution in [1.82, 2.24) is 19.6 Å². The van der Waals surface area contributed by atoms with Crippen LogP contribution in [0.4, 0.5) is 13.2 Å². The summed E-state index contributed by atoms with van der Waals surface area (Å²) < 4.78 is 38.0. The average Bonchev–Trinajstić information content (AvgIpc) is 2.73. The Morgan fingerprint density at radius 1 is 0.812 bits per heavy atom. The number of hydrogen-bond acceptors (Lipinski definition) is 4. The summed E-state index contributed by atoms with van der Waals surface area (Å²) in [6, 6.07) is 5.47. The molecule has 0 spiro atoms. The Morgan fingerprint density at radius 2 is 1.38 bits per heavy atom. The van der Waals surface area contributed by atoms with Crippen LogP contribution in [-0.2, 0) is 22.2 Å². The third-order valence-corrected chi connectivity index (χ3v) is 6.98. The molecule has 3 aliphatic rings. The van der Waals surface area contributed by atoms with Crippen LogP contribution < -0.4 is 0 Å². The lowest BCUT2D eigenvalue weighted by Crippen LogP contribution is -2.56. The van der Waals surface area contributed by atoms with Gasteiger partial charge in [-0.2, -0.15) is 13.2 Å². The zero-order valence-corrected chi connectivity index (χ0v) is 18.3. The molecule has 0 N–H and O–H groups in total. The van der Waals surface area contributed by atoms with Gasteiger partial charge in [-0.15, -0.1) is 0 Å². The van der Waals surface area contributed by atoms with E-state index in [9.17, 15) is 22.8 Å². The van der Waals surface area contributed by atoms with E-state index in [4.69, 9.17) is 0 Å². The zero-order valence-electron chi connectivity index (χ0n) is 18.3. The van der Waals surface area contributed by atoms with Gasteiger partial charge in [0, 0.05) is 58.4 Å². The number of rotatable bonds is 5. The molecule has 0 atom stereocenters. The van der Waals surface area contributed by atoms with Gasteiger partial charge in [-0.25, -0.2) is 0 Å². The van der Waals surface area contributed by atoms with Crippen molar-refractivity contribution in [3.8, 4) is 0 Å². The van der Waals surface area contributed by atoms with Gasteiger partial charge in [-0.05, 0) is 30.5 Å². The van der Waals surface area contributed by atoms with E-state index in [0.29, 0.717) is 38.3 Å². The molecule has 1 saturated carbocycles. The molecule has 6 nitrogen and oxygen atoms in total. The number of alkyl halides is 3. The van der Waals surface area contributed by atoms with E-state index in [1.54, 1.807) is 4.90 Å². The normalized spacial score (nSPS) is 21.5. The van der Waals surface area contributed by atoms with Crippen molar-refractivity contribution in [1.29, 1.82) is 0 Å². The second-order valence-corrected chi connectivity index (χ2v) is 9.03. The zero-order chi connectivity index (χ0) is 22.7. The van der Waals surface area contributed by atoms with Gasteiger partial charge in [0.2, 0.25) is 11.8 Å². The second kappa shape index (κ2) is 9.79. The van der Waals surface area contributed by atoms with E-state index in [-0.39, 0.29) is 18.2 Å². The minimum absolute atomic E-state index is 0.0857. The summed E-state index contributed by atoms with van der Waals surface area (Å²) in [6.07, 6.45) is -0.392. The van der Waals surface area contributed by atoms with E-state index < -0.39 is 11.7 Å². The van der Waals surface area contributed by atoms with Crippen LogP contribution >= 0.6 is 0 Å². The molecule has 3 fully saturated rings. The summed E-state index contributed by atoms with van der Waals surface area (Å²) in [4.78, 5) is 33.5. The lowest BCUT2D eigenvalue weighted by atomic mass is 9.91. The maximum atomic E-state index is 12.7. The first-order valence-corrected chi connectivity index (χ1v) is 11.5. The second-order valence-electron chi connectivity index (χ2n) is 9.03. The SMILES string of the molecule is O=C(Cc1ccc(C(F)(F)F)cc1)N1CCN(CC(=O)N2CCN(C3CCC3)CC2)CC1. The fraction of sp³-hybridized carbons (Fsp3) is 0.652. The van der Waals surface area contributed by atoms with Crippen LogP contribution in [0, 0.1) is 0 Å². The van der Waals surface area contributed by atoms with Crippen molar-refractivity contribution >= 4 is 11.8 Å². The molecular weight excluding hydrogens is 421 g/mol. The number of nitrogens with zero attached hydrogens (tertiary/aromatic N) is 4. The first-order chi connectivity index (χ1) is 15.3. The Bertz CT molecular complexity index is 794. The maximum Gasteiger partial charge on any atom is 0.416 e. The van der Waals surface area contributed by atoms with E-state index >= 15 is 0 Å². The van der Waals surface area contributed by atoms with Gasteiger partial charge >= 0.3 is 6.18 Å². The van der Waals surface area contributed by atoms with Gasteiger partial charge in [0.05, 0.1) is 18.5 Å². The predicted molar refractivity (Wildman–Crippen MR) is 114 cm³/mol. The van der Waals surface area contributed by atoms with Gasteiger partial charge in [0.15, 0.2) is 0 Å². The fourth-order valence-electron chi connectivity index (χ4n) is 4.63. The topological polar surface area (TPSA) is 47.1 Å². The molecule has 9 heteroatoms. The largest absolute Gasteiger partial charge is 0.416 e. The van der Waals surface area contributed by atoms with Crippen LogP contribution in [0.5, 0.6) is 0 Å². The molecule has 0 unspecified atom stereocenters. The minimum atomic E-state index is -4.37. The molecule has 2 saturated heterocycles. The van der Waals surface area contributed by atoms with Gasteiger partial charge in [0.1, 0.15) is 0 Å². The van der Waals surface area contributed by atoms with Crippen LogP contribution in [0.15, 0.2) is 24.3 Å². The Labute approximate surface area is 186 Å². The Kier molecular flexibility index (Phi) is 7.05. The number of carbonyl (C=O) groups is 2. The highest BCUT2D eigenvalue weighted by Crippen LogP contribution is 2.29. The van der Waals surface area contributed by atoms with Crippen LogP contribution in [0.25, 0.3) is 0 Å². The van der Waals surface area contributed by atoms with Gasteiger partial charge in [-0.1, -0.05) is 18.6 Å². The summed E-state index contributed by atoms with van der Waals surface area (Å²) in [5.41, 5.74) is -0.141. The average molecular weight is 453 g/mol. The quantitative estimate of drug-likeness (QED) is 0.687. The molecular formula is C23H31F3N4O2. The van der Waals surface area contributed by atoms with Gasteiger partial charge in [0.25, 0.3) is 0 Å². The van der Waals surface area contributed by atoms with Crippen LogP contribution in [0.2, 0.25) is 0 Å². The molecule has 2 amide bonds.